The van der Waals surface area contributed by atoms with Crippen molar-refractivity contribution in [3.63, 3.8) is 0 Å². The average molecular weight is 505 g/mol. The standard InChI is InChI=1S/C26H40N4O6/c1-16(2)12-13-21(31)30(6)23(17(3)4)26(36)29-19(14-18-10-8-7-9-11-18)25(35)28-20(15-22(32)33)24(34)27-5/h7-11,16-17,19-20,23H,12-15H2,1-6H3,(H,27,34)(H,28,35)(H,29,36)(H,32,33)/t19-,20-,23-/m0/s1. The Labute approximate surface area is 213 Å². The third-order valence-corrected chi connectivity index (χ3v) is 5.82. The van der Waals surface area contributed by atoms with E-state index in [4.69, 9.17) is 5.11 Å². The van der Waals surface area contributed by atoms with Gasteiger partial charge in [0.2, 0.25) is 23.6 Å². The van der Waals surface area contributed by atoms with Gasteiger partial charge in [-0.3, -0.25) is 24.0 Å². The summed E-state index contributed by atoms with van der Waals surface area (Å²) in [6.07, 6.45) is 0.502. The second kappa shape index (κ2) is 14.9. The predicted octanol–water partition coefficient (Wildman–Crippen LogP) is 1.34. The van der Waals surface area contributed by atoms with Crippen molar-refractivity contribution in [3.05, 3.63) is 35.9 Å². The monoisotopic (exact) mass is 504 g/mol. The molecule has 3 atom stereocenters. The number of carboxylic acid groups (broad SMARTS) is 1. The minimum atomic E-state index is -1.31. The highest BCUT2D eigenvalue weighted by molar-refractivity contribution is 5.95. The smallest absolute Gasteiger partial charge is 0.305 e. The molecule has 0 aliphatic rings. The van der Waals surface area contributed by atoms with Crippen molar-refractivity contribution < 1.29 is 29.1 Å². The van der Waals surface area contributed by atoms with Crippen LogP contribution >= 0.6 is 0 Å². The summed E-state index contributed by atoms with van der Waals surface area (Å²) in [7, 11) is 2.92. The van der Waals surface area contributed by atoms with Crippen LogP contribution in [0.1, 0.15) is 52.5 Å². The van der Waals surface area contributed by atoms with Gasteiger partial charge in [0.05, 0.1) is 6.42 Å². The molecule has 0 radical (unpaired) electrons. The van der Waals surface area contributed by atoms with Gasteiger partial charge in [0.15, 0.2) is 0 Å². The first kappa shape index (κ1) is 30.6. The molecule has 200 valence electrons. The van der Waals surface area contributed by atoms with Crippen molar-refractivity contribution in [3.8, 4) is 0 Å². The quantitative estimate of drug-likeness (QED) is 0.301. The van der Waals surface area contributed by atoms with Crippen LogP contribution in [0, 0.1) is 11.8 Å². The summed E-state index contributed by atoms with van der Waals surface area (Å²) in [5.41, 5.74) is 0.759. The van der Waals surface area contributed by atoms with Crippen molar-refractivity contribution in [2.24, 2.45) is 11.8 Å². The second-order valence-corrected chi connectivity index (χ2v) is 9.65. The summed E-state index contributed by atoms with van der Waals surface area (Å²) in [5, 5.41) is 16.7. The molecule has 36 heavy (non-hydrogen) atoms. The number of nitrogens with zero attached hydrogens (tertiary/aromatic N) is 1. The van der Waals surface area contributed by atoms with Gasteiger partial charge < -0.3 is 26.0 Å². The molecule has 4 amide bonds. The summed E-state index contributed by atoms with van der Waals surface area (Å²) in [5.74, 6) is -3.17. The Morgan fingerprint density at radius 2 is 1.47 bits per heavy atom. The van der Waals surface area contributed by atoms with Gasteiger partial charge in [-0.25, -0.2) is 0 Å². The fourth-order valence-electron chi connectivity index (χ4n) is 3.82. The molecule has 1 rings (SSSR count). The van der Waals surface area contributed by atoms with E-state index >= 15 is 0 Å². The SMILES string of the molecule is CNC(=O)[C@H](CC(=O)O)NC(=O)[C@H](Cc1ccccc1)NC(=O)[C@H](C(C)C)N(C)C(=O)CCC(C)C. The minimum absolute atomic E-state index is 0.113. The topological polar surface area (TPSA) is 145 Å². The van der Waals surface area contributed by atoms with E-state index in [9.17, 15) is 24.0 Å². The van der Waals surface area contributed by atoms with Gasteiger partial charge in [0.1, 0.15) is 18.1 Å². The number of aliphatic carboxylic acids is 1. The van der Waals surface area contributed by atoms with E-state index in [2.05, 4.69) is 16.0 Å². The third kappa shape index (κ3) is 10.1. The van der Waals surface area contributed by atoms with E-state index < -0.39 is 48.2 Å². The van der Waals surface area contributed by atoms with Crippen LogP contribution in [0.4, 0.5) is 0 Å². The van der Waals surface area contributed by atoms with Gasteiger partial charge in [-0.15, -0.1) is 0 Å². The Morgan fingerprint density at radius 1 is 0.889 bits per heavy atom. The number of likely N-dealkylation sites (N-methyl/N-ethyl adjacent to an activating group) is 2. The molecule has 10 heteroatoms. The maximum Gasteiger partial charge on any atom is 0.305 e. The number of nitrogens with one attached hydrogen (secondary N) is 3. The second-order valence-electron chi connectivity index (χ2n) is 9.65. The molecular formula is C26H40N4O6. The first-order valence-corrected chi connectivity index (χ1v) is 12.2. The summed E-state index contributed by atoms with van der Waals surface area (Å²) in [6, 6.07) is 5.77. The fourth-order valence-corrected chi connectivity index (χ4v) is 3.82. The fraction of sp³-hybridized carbons (Fsp3) is 0.577. The van der Waals surface area contributed by atoms with Crippen molar-refractivity contribution >= 4 is 29.6 Å². The zero-order chi connectivity index (χ0) is 27.4. The number of carboxylic acids is 1. The minimum Gasteiger partial charge on any atom is -0.481 e. The molecule has 0 fully saturated rings. The Morgan fingerprint density at radius 3 is 1.97 bits per heavy atom. The van der Waals surface area contributed by atoms with Crippen LogP contribution in [0.2, 0.25) is 0 Å². The molecule has 1 aromatic rings. The summed E-state index contributed by atoms with van der Waals surface area (Å²) >= 11 is 0. The van der Waals surface area contributed by atoms with Gasteiger partial charge in [-0.05, 0) is 23.8 Å². The number of hydrogen-bond acceptors (Lipinski definition) is 5. The number of amides is 4. The molecule has 0 aromatic heterocycles. The van der Waals surface area contributed by atoms with Crippen molar-refractivity contribution in [2.45, 2.75) is 71.5 Å². The largest absolute Gasteiger partial charge is 0.481 e. The lowest BCUT2D eigenvalue weighted by molar-refractivity contribution is -0.142. The van der Waals surface area contributed by atoms with Gasteiger partial charge in [0.25, 0.3) is 0 Å². The number of rotatable bonds is 14. The maximum absolute atomic E-state index is 13.4. The molecule has 0 spiro atoms. The highest BCUT2D eigenvalue weighted by Gasteiger charge is 2.34. The average Bonchev–Trinajstić information content (AvgIpc) is 2.81. The van der Waals surface area contributed by atoms with Crippen molar-refractivity contribution in [2.75, 3.05) is 14.1 Å². The van der Waals surface area contributed by atoms with Crippen LogP contribution in [0.15, 0.2) is 30.3 Å². The Hall–Kier alpha value is -3.43. The van der Waals surface area contributed by atoms with Crippen LogP contribution < -0.4 is 16.0 Å². The molecular weight excluding hydrogens is 464 g/mol. The molecule has 10 nitrogen and oxygen atoms in total. The summed E-state index contributed by atoms with van der Waals surface area (Å²) in [4.78, 5) is 64.1. The van der Waals surface area contributed by atoms with E-state index in [1.54, 1.807) is 31.3 Å². The van der Waals surface area contributed by atoms with E-state index in [0.29, 0.717) is 18.8 Å². The van der Waals surface area contributed by atoms with Crippen LogP contribution in [0.5, 0.6) is 0 Å². The lowest BCUT2D eigenvalue weighted by Crippen LogP contribution is -2.58. The molecule has 1 aromatic carbocycles. The molecule has 0 saturated carbocycles. The highest BCUT2D eigenvalue weighted by Crippen LogP contribution is 2.15. The number of benzene rings is 1. The Balaban J connectivity index is 3.16. The van der Waals surface area contributed by atoms with Gasteiger partial charge in [-0.2, -0.15) is 0 Å². The number of hydrogen-bond donors (Lipinski definition) is 4. The molecule has 0 aliphatic carbocycles. The Bertz CT molecular complexity index is 903. The van der Waals surface area contributed by atoms with Gasteiger partial charge in [0, 0.05) is 26.9 Å². The first-order valence-electron chi connectivity index (χ1n) is 12.2. The molecule has 0 unspecified atom stereocenters. The normalized spacial score (nSPS) is 13.4. The number of carbonyl (C=O) groups is 5. The molecule has 0 heterocycles. The lowest BCUT2D eigenvalue weighted by Gasteiger charge is -2.32. The zero-order valence-corrected chi connectivity index (χ0v) is 22.0. The predicted molar refractivity (Wildman–Crippen MR) is 136 cm³/mol. The highest BCUT2D eigenvalue weighted by atomic mass is 16.4. The van der Waals surface area contributed by atoms with Crippen LogP contribution in [0.3, 0.4) is 0 Å². The summed E-state index contributed by atoms with van der Waals surface area (Å²) < 4.78 is 0. The molecule has 0 bridgehead atoms. The zero-order valence-electron chi connectivity index (χ0n) is 22.0. The van der Waals surface area contributed by atoms with Crippen LogP contribution in [-0.4, -0.2) is 71.8 Å². The lowest BCUT2D eigenvalue weighted by atomic mass is 9.98. The molecule has 4 N–H and O–H groups in total. The van der Waals surface area contributed by atoms with E-state index in [-0.39, 0.29) is 18.2 Å². The van der Waals surface area contributed by atoms with Crippen molar-refractivity contribution in [1.82, 2.24) is 20.9 Å². The van der Waals surface area contributed by atoms with E-state index in [1.807, 2.05) is 33.8 Å². The Kier molecular flexibility index (Phi) is 12.6. The molecule has 0 saturated heterocycles. The van der Waals surface area contributed by atoms with Crippen LogP contribution in [-0.2, 0) is 30.4 Å². The number of carbonyl (C=O) groups excluding carboxylic acids is 4. The van der Waals surface area contributed by atoms with Crippen molar-refractivity contribution in [1.29, 1.82) is 0 Å². The van der Waals surface area contributed by atoms with Crippen LogP contribution in [0.25, 0.3) is 0 Å². The van der Waals surface area contributed by atoms with Gasteiger partial charge >= 0.3 is 5.97 Å². The summed E-state index contributed by atoms with van der Waals surface area (Å²) in [6.45, 7) is 7.67. The molecule has 0 aliphatic heterocycles. The van der Waals surface area contributed by atoms with E-state index in [1.165, 1.54) is 11.9 Å². The first-order chi connectivity index (χ1) is 16.9. The third-order valence-electron chi connectivity index (χ3n) is 5.82. The van der Waals surface area contributed by atoms with Gasteiger partial charge in [-0.1, -0.05) is 58.0 Å². The maximum atomic E-state index is 13.4. The van der Waals surface area contributed by atoms with E-state index in [0.717, 1.165) is 5.56 Å².